The van der Waals surface area contributed by atoms with Gasteiger partial charge in [-0.2, -0.15) is 0 Å². The summed E-state index contributed by atoms with van der Waals surface area (Å²) in [5.74, 6) is 0.408. The van der Waals surface area contributed by atoms with Crippen molar-refractivity contribution in [2.24, 2.45) is 5.92 Å². The van der Waals surface area contributed by atoms with Crippen LogP contribution in [0.2, 0.25) is 0 Å². The number of aromatic nitrogens is 2. The van der Waals surface area contributed by atoms with E-state index in [1.165, 1.54) is 0 Å². The lowest BCUT2D eigenvalue weighted by Gasteiger charge is -2.35. The summed E-state index contributed by atoms with van der Waals surface area (Å²) in [6.45, 7) is 5.76. The van der Waals surface area contributed by atoms with Gasteiger partial charge in [0.1, 0.15) is 5.82 Å². The van der Waals surface area contributed by atoms with E-state index in [0.717, 1.165) is 19.4 Å². The molecule has 1 aliphatic rings. The van der Waals surface area contributed by atoms with E-state index in [-0.39, 0.29) is 23.5 Å². The smallest absolute Gasteiger partial charge is 0.310 e. The number of esters is 1. The van der Waals surface area contributed by atoms with Crippen LogP contribution < -0.4 is 5.56 Å². The van der Waals surface area contributed by atoms with Gasteiger partial charge in [0.25, 0.3) is 5.56 Å². The summed E-state index contributed by atoms with van der Waals surface area (Å²) in [5.41, 5.74) is 0.573. The molecule has 1 aliphatic heterocycles. The molecule has 2 heterocycles. The second-order valence-electron chi connectivity index (χ2n) is 6.23. The second-order valence-corrected chi connectivity index (χ2v) is 6.23. The zero-order valence-corrected chi connectivity index (χ0v) is 14.1. The van der Waals surface area contributed by atoms with E-state index in [1.54, 1.807) is 6.07 Å². The monoisotopic (exact) mass is 329 g/mol. The zero-order chi connectivity index (χ0) is 17.1. The first-order valence-corrected chi connectivity index (χ1v) is 8.49. The fourth-order valence-electron chi connectivity index (χ4n) is 3.29. The number of nitrogens with one attached hydrogen (secondary N) is 1. The number of piperidine rings is 1. The summed E-state index contributed by atoms with van der Waals surface area (Å²) < 4.78 is 5.15. The van der Waals surface area contributed by atoms with Crippen molar-refractivity contribution >= 4 is 16.9 Å². The number of ether oxygens (including phenoxy) is 1. The highest BCUT2D eigenvalue weighted by Crippen LogP contribution is 2.25. The van der Waals surface area contributed by atoms with E-state index in [1.807, 2.05) is 32.0 Å². The van der Waals surface area contributed by atoms with Crippen molar-refractivity contribution in [3.8, 4) is 0 Å². The minimum absolute atomic E-state index is 0.0560. The number of hydrogen-bond donors (Lipinski definition) is 1. The Hall–Kier alpha value is -2.21. The minimum Gasteiger partial charge on any atom is -0.466 e. The minimum atomic E-state index is -0.130. The molecule has 0 radical (unpaired) electrons. The van der Waals surface area contributed by atoms with Crippen LogP contribution in [0, 0.1) is 5.92 Å². The maximum atomic E-state index is 12.3. The molecule has 24 heavy (non-hydrogen) atoms. The molecule has 1 aromatic carbocycles. The molecule has 2 atom stereocenters. The maximum absolute atomic E-state index is 12.3. The van der Waals surface area contributed by atoms with Crippen molar-refractivity contribution in [3.63, 3.8) is 0 Å². The molecule has 0 spiro atoms. The summed E-state index contributed by atoms with van der Waals surface area (Å²) in [4.78, 5) is 34.0. The van der Waals surface area contributed by atoms with Gasteiger partial charge in [-0.3, -0.25) is 14.5 Å². The molecule has 6 nitrogen and oxygen atoms in total. The summed E-state index contributed by atoms with van der Waals surface area (Å²) in [5, 5.41) is 0.594. The normalized spacial score (nSPS) is 20.0. The predicted molar refractivity (Wildman–Crippen MR) is 91.7 cm³/mol. The third-order valence-electron chi connectivity index (χ3n) is 4.65. The van der Waals surface area contributed by atoms with Crippen molar-refractivity contribution in [3.05, 3.63) is 40.4 Å². The summed E-state index contributed by atoms with van der Waals surface area (Å²) in [7, 11) is 0. The molecule has 1 fully saturated rings. The number of likely N-dealkylation sites (tertiary alicyclic amines) is 1. The molecule has 2 aromatic rings. The lowest BCUT2D eigenvalue weighted by atomic mass is 9.97. The van der Waals surface area contributed by atoms with E-state index in [0.29, 0.717) is 29.9 Å². The third-order valence-corrected chi connectivity index (χ3v) is 4.65. The quantitative estimate of drug-likeness (QED) is 0.871. The molecule has 1 saturated heterocycles. The lowest BCUT2D eigenvalue weighted by molar-refractivity contribution is -0.150. The Bertz CT molecular complexity index is 786. The molecule has 0 aliphatic carbocycles. The van der Waals surface area contributed by atoms with Crippen molar-refractivity contribution < 1.29 is 9.53 Å². The first kappa shape index (κ1) is 16.6. The average Bonchev–Trinajstić information content (AvgIpc) is 2.61. The van der Waals surface area contributed by atoms with Crippen LogP contribution in [-0.2, 0) is 9.53 Å². The zero-order valence-electron chi connectivity index (χ0n) is 14.1. The van der Waals surface area contributed by atoms with Gasteiger partial charge in [0.2, 0.25) is 0 Å². The van der Waals surface area contributed by atoms with Crippen LogP contribution in [-0.4, -0.2) is 40.5 Å². The maximum Gasteiger partial charge on any atom is 0.310 e. The van der Waals surface area contributed by atoms with E-state index in [9.17, 15) is 9.59 Å². The highest BCUT2D eigenvalue weighted by atomic mass is 16.5. The summed E-state index contributed by atoms with van der Waals surface area (Å²) in [6.07, 6.45) is 1.79. The molecule has 3 rings (SSSR count). The van der Waals surface area contributed by atoms with Gasteiger partial charge in [0.15, 0.2) is 0 Å². The largest absolute Gasteiger partial charge is 0.466 e. The Morgan fingerprint density at radius 1 is 1.46 bits per heavy atom. The van der Waals surface area contributed by atoms with Crippen LogP contribution in [0.1, 0.15) is 38.6 Å². The lowest BCUT2D eigenvalue weighted by Crippen LogP contribution is -2.41. The first-order chi connectivity index (χ1) is 11.6. The Balaban J connectivity index is 1.82. The Morgan fingerprint density at radius 3 is 3.04 bits per heavy atom. The second kappa shape index (κ2) is 7.13. The number of para-hydroxylation sites is 1. The van der Waals surface area contributed by atoms with Gasteiger partial charge < -0.3 is 9.72 Å². The molecular weight excluding hydrogens is 306 g/mol. The number of nitrogens with zero attached hydrogens (tertiary/aromatic N) is 2. The van der Waals surface area contributed by atoms with Gasteiger partial charge in [0.05, 0.1) is 29.5 Å². The van der Waals surface area contributed by atoms with Crippen LogP contribution in [0.25, 0.3) is 10.9 Å². The number of carbonyl (C=O) groups is 1. The highest BCUT2D eigenvalue weighted by Gasteiger charge is 2.30. The van der Waals surface area contributed by atoms with Gasteiger partial charge in [-0.05, 0) is 45.4 Å². The Kier molecular flexibility index (Phi) is 4.94. The predicted octanol–water partition coefficient (Wildman–Crippen LogP) is 2.26. The summed E-state index contributed by atoms with van der Waals surface area (Å²) in [6, 6.07) is 7.27. The third kappa shape index (κ3) is 3.33. The first-order valence-electron chi connectivity index (χ1n) is 8.49. The van der Waals surface area contributed by atoms with Crippen LogP contribution in [0.3, 0.4) is 0 Å². The Labute approximate surface area is 140 Å². The number of fused-ring (bicyclic) bond motifs is 1. The number of benzene rings is 1. The van der Waals surface area contributed by atoms with Crippen LogP contribution >= 0.6 is 0 Å². The van der Waals surface area contributed by atoms with Crippen molar-refractivity contribution in [1.29, 1.82) is 0 Å². The van der Waals surface area contributed by atoms with Crippen molar-refractivity contribution in [2.75, 3.05) is 19.7 Å². The average molecular weight is 329 g/mol. The SMILES string of the molecule is CCOC(=O)[C@H]1CCCN([C@H](C)c2nc3ccccc3c(=O)[nH]2)C1. The van der Waals surface area contributed by atoms with Gasteiger partial charge in [-0.25, -0.2) is 4.98 Å². The van der Waals surface area contributed by atoms with Gasteiger partial charge in [0, 0.05) is 6.54 Å². The molecule has 1 N–H and O–H groups in total. The van der Waals surface area contributed by atoms with E-state index in [2.05, 4.69) is 14.9 Å². The molecule has 1 aromatic heterocycles. The molecule has 0 bridgehead atoms. The number of rotatable bonds is 4. The summed E-state index contributed by atoms with van der Waals surface area (Å²) >= 11 is 0. The van der Waals surface area contributed by atoms with Gasteiger partial charge >= 0.3 is 5.97 Å². The van der Waals surface area contributed by atoms with Gasteiger partial charge in [-0.1, -0.05) is 12.1 Å². The topological polar surface area (TPSA) is 75.3 Å². The molecule has 6 heteroatoms. The molecule has 0 saturated carbocycles. The molecule has 0 amide bonds. The van der Waals surface area contributed by atoms with Crippen molar-refractivity contribution in [1.82, 2.24) is 14.9 Å². The fourth-order valence-corrected chi connectivity index (χ4v) is 3.29. The molecular formula is C18H23N3O3. The Morgan fingerprint density at radius 2 is 2.25 bits per heavy atom. The van der Waals surface area contributed by atoms with E-state index in [4.69, 9.17) is 4.74 Å². The number of hydrogen-bond acceptors (Lipinski definition) is 5. The highest BCUT2D eigenvalue weighted by molar-refractivity contribution is 5.77. The number of carbonyl (C=O) groups excluding carboxylic acids is 1. The van der Waals surface area contributed by atoms with E-state index >= 15 is 0 Å². The fraction of sp³-hybridized carbons (Fsp3) is 0.500. The number of aromatic amines is 1. The van der Waals surface area contributed by atoms with E-state index < -0.39 is 0 Å². The van der Waals surface area contributed by atoms with Crippen LogP contribution in [0.15, 0.2) is 29.1 Å². The number of H-pyrrole nitrogens is 1. The molecule has 0 unspecified atom stereocenters. The van der Waals surface area contributed by atoms with Crippen LogP contribution in [0.4, 0.5) is 0 Å². The standard InChI is InChI=1S/C18H23N3O3/c1-3-24-18(23)13-7-6-10-21(11-13)12(2)16-19-15-9-5-4-8-14(15)17(22)20-16/h4-5,8-9,12-13H,3,6-7,10-11H2,1-2H3,(H,19,20,22)/t12-,13+/m1/s1. The van der Waals surface area contributed by atoms with Crippen molar-refractivity contribution in [2.45, 2.75) is 32.7 Å². The van der Waals surface area contributed by atoms with Crippen LogP contribution in [0.5, 0.6) is 0 Å². The van der Waals surface area contributed by atoms with Gasteiger partial charge in [-0.15, -0.1) is 0 Å². The molecule has 128 valence electrons.